The molecule has 0 spiro atoms. The van der Waals surface area contributed by atoms with Gasteiger partial charge in [-0.1, -0.05) is 248 Å². The number of hydrogen-bond donors (Lipinski definition) is 2. The summed E-state index contributed by atoms with van der Waals surface area (Å²) in [4.78, 5) is 82.3. The Bertz CT molecular complexity index is 7670. The third kappa shape index (κ3) is 23.9. The Kier molecular flexibility index (Phi) is 33.5. The number of aliphatic hydroxyl groups excluding tert-OH is 2. The summed E-state index contributed by atoms with van der Waals surface area (Å²) in [5, 5.41) is 31.5. The van der Waals surface area contributed by atoms with Gasteiger partial charge in [0.15, 0.2) is 53.7 Å². The number of para-hydroxylation sites is 5. The highest BCUT2D eigenvalue weighted by Crippen LogP contribution is 2.53. The van der Waals surface area contributed by atoms with Crippen LogP contribution in [0.3, 0.4) is 0 Å². The zero-order valence-corrected chi connectivity index (χ0v) is 89.7. The quantitative estimate of drug-likeness (QED) is 0.0579. The van der Waals surface area contributed by atoms with E-state index in [1.807, 2.05) is 186 Å². The number of nitrogens with zero attached hydrogens (tertiary/aromatic N) is 9. The number of aromatic nitrogens is 5. The van der Waals surface area contributed by atoms with Crippen molar-refractivity contribution in [3.8, 4) is 0 Å². The van der Waals surface area contributed by atoms with Gasteiger partial charge in [-0.3, -0.25) is 24.0 Å². The number of H-pyrrole nitrogens is 1. The molecular formula is C118H119Cl2N10O7S6+5. The number of Topliss-reactive ketones (excluding diaryl/α,β-unsaturated/α-hetero) is 5. The first-order valence-electron chi connectivity index (χ1n) is 48.0. The van der Waals surface area contributed by atoms with Gasteiger partial charge in [0, 0.05) is 119 Å². The molecule has 728 valence electrons. The molecule has 5 aliphatic rings. The molecule has 20 rings (SSSR count). The van der Waals surface area contributed by atoms with Crippen LogP contribution in [0, 0.1) is 43.4 Å². The van der Waals surface area contributed by atoms with Gasteiger partial charge < -0.3 is 34.7 Å². The number of nitrogens with one attached hydrogen (secondary N) is 1. The number of aliphatic hydroxyl groups is 2. The number of benzene rings is 10. The van der Waals surface area contributed by atoms with Crippen LogP contribution in [0.15, 0.2) is 317 Å². The highest BCUT2D eigenvalue weighted by atomic mass is 35.5. The van der Waals surface area contributed by atoms with Gasteiger partial charge in [0.1, 0.15) is 32.9 Å². The van der Waals surface area contributed by atoms with E-state index < -0.39 is 0 Å². The molecule has 3 N–H and O–H groups in total. The number of pyridine rings is 4. The van der Waals surface area contributed by atoms with Crippen LogP contribution in [-0.2, 0) is 65.4 Å². The third-order valence-electron chi connectivity index (χ3n) is 25.8. The number of halogens is 2. The zero-order valence-electron chi connectivity index (χ0n) is 83.3. The van der Waals surface area contributed by atoms with Gasteiger partial charge in [-0.2, -0.15) is 4.57 Å². The van der Waals surface area contributed by atoms with Gasteiger partial charge in [0.2, 0.25) is 27.6 Å². The largest absolute Gasteiger partial charge is 0.392 e. The van der Waals surface area contributed by atoms with E-state index in [-0.39, 0.29) is 71.7 Å². The first kappa shape index (κ1) is 104. The summed E-state index contributed by atoms with van der Waals surface area (Å²) in [5.74, 6) is 1.11. The number of carbonyl (C=O) groups is 5. The molecule has 0 unspecified atom stereocenters. The molecular weight excluding hydrogens is 1930 g/mol. The highest BCUT2D eigenvalue weighted by Gasteiger charge is 2.36. The molecule has 17 nitrogen and oxygen atoms in total. The summed E-state index contributed by atoms with van der Waals surface area (Å²) in [5.41, 5.74) is 19.7. The third-order valence-corrected chi connectivity index (χ3v) is 33.0. The number of fused-ring (bicyclic) bond motifs is 10. The van der Waals surface area contributed by atoms with Gasteiger partial charge in [-0.25, -0.2) is 18.7 Å². The van der Waals surface area contributed by atoms with Crippen molar-refractivity contribution in [1.82, 2.24) is 0 Å². The fraction of sp³-hybridized carbons (Fsp3) is 0.237. The molecule has 5 aliphatic heterocycles. The first-order chi connectivity index (χ1) is 68.8. The lowest BCUT2D eigenvalue weighted by atomic mass is 10.1. The van der Waals surface area contributed by atoms with E-state index in [2.05, 4.69) is 271 Å². The second-order valence-corrected chi connectivity index (χ2v) is 44.8. The highest BCUT2D eigenvalue weighted by molar-refractivity contribution is 8.05. The maximum Gasteiger partial charge on any atom is 0.265 e. The molecule has 5 aromatic heterocycles. The predicted molar refractivity (Wildman–Crippen MR) is 597 cm³/mol. The van der Waals surface area contributed by atoms with Gasteiger partial charge in [-0.15, -0.1) is 0 Å². The van der Waals surface area contributed by atoms with E-state index in [9.17, 15) is 34.2 Å². The number of carbonyl (C=O) groups excluding carboxylic acids is 5. The molecule has 10 aromatic carbocycles. The Labute approximate surface area is 873 Å². The molecule has 0 atom stereocenters. The number of allylic oxidation sites excluding steroid dienone is 2. The number of thioether (sulfide) groups is 5. The fourth-order valence-corrected chi connectivity index (χ4v) is 24.0. The van der Waals surface area contributed by atoms with Crippen LogP contribution in [0.5, 0.6) is 0 Å². The van der Waals surface area contributed by atoms with E-state index in [4.69, 9.17) is 23.2 Å². The molecule has 0 bridgehead atoms. The van der Waals surface area contributed by atoms with Crippen LogP contribution in [0.2, 0.25) is 10.0 Å². The van der Waals surface area contributed by atoms with Crippen molar-refractivity contribution in [2.75, 3.05) is 57.2 Å². The molecule has 0 aliphatic carbocycles. The van der Waals surface area contributed by atoms with Crippen molar-refractivity contribution in [1.29, 1.82) is 0 Å². The number of anilines is 5. The van der Waals surface area contributed by atoms with Gasteiger partial charge >= 0.3 is 0 Å². The van der Waals surface area contributed by atoms with Crippen LogP contribution in [-0.4, -0.2) is 71.9 Å². The summed E-state index contributed by atoms with van der Waals surface area (Å²) in [6.45, 7) is 25.5. The Balaban J connectivity index is 0.000000128. The van der Waals surface area contributed by atoms with Crippen molar-refractivity contribution >= 4 is 235 Å². The maximum atomic E-state index is 12.6. The summed E-state index contributed by atoms with van der Waals surface area (Å²) in [6, 6.07) is 78.2. The minimum atomic E-state index is -0.0447. The molecule has 25 heteroatoms. The zero-order chi connectivity index (χ0) is 101. The van der Waals surface area contributed by atoms with Crippen LogP contribution < -0.4 is 47.8 Å². The number of aromatic amines is 1. The van der Waals surface area contributed by atoms with Gasteiger partial charge in [-0.05, 0) is 186 Å². The number of ketones is 5. The van der Waals surface area contributed by atoms with E-state index in [0.29, 0.717) is 42.8 Å². The number of rotatable bonds is 23. The summed E-state index contributed by atoms with van der Waals surface area (Å²) in [6.07, 6.45) is 23.1. The monoisotopic (exact) mass is 2050 g/mol. The van der Waals surface area contributed by atoms with Gasteiger partial charge in [0.25, 0.3) is 5.01 Å². The van der Waals surface area contributed by atoms with Crippen molar-refractivity contribution in [2.45, 2.75) is 121 Å². The van der Waals surface area contributed by atoms with E-state index >= 15 is 0 Å². The lowest BCUT2D eigenvalue weighted by Gasteiger charge is -2.21. The van der Waals surface area contributed by atoms with E-state index in [0.717, 1.165) is 112 Å². The fourth-order valence-electron chi connectivity index (χ4n) is 16.9. The summed E-state index contributed by atoms with van der Waals surface area (Å²) >= 11 is 22.8. The predicted octanol–water partition coefficient (Wildman–Crippen LogP) is 25.5. The lowest BCUT2D eigenvalue weighted by molar-refractivity contribution is -0.645. The molecule has 0 amide bonds. The summed E-state index contributed by atoms with van der Waals surface area (Å²) < 4.78 is 9.77. The first-order valence-corrected chi connectivity index (χ1v) is 53.6. The second kappa shape index (κ2) is 46.2. The average molecular weight is 2050 g/mol. The Morgan fingerprint density at radius 1 is 0.357 bits per heavy atom. The molecule has 0 radical (unpaired) electrons. The van der Waals surface area contributed by atoms with Crippen LogP contribution >= 0.6 is 93.3 Å². The molecule has 15 aromatic rings. The van der Waals surface area contributed by atoms with Crippen molar-refractivity contribution in [3.63, 3.8) is 0 Å². The topological polar surface area (TPSA) is 172 Å². The number of thiazole rings is 1. The van der Waals surface area contributed by atoms with E-state index in [1.165, 1.54) is 69.0 Å². The SMILES string of the molecule is CC(C)C(=O)CN1/C(=C/C=C/c2cc[n+](C)c3ccccc23)Sc2ccccc21.CC(C)C(=O)CN1/C(=C/c2cc[n+](C)c3ccc(Cl)cc23)Sc2ccc(CO)cc21.CC(C)C(=O)CN1/C(=C/c2cc[n+](C)c3ccccc23)Sc2ccccc21.CC(C)C(=O)CN1/C(=C/c2sc3ccccc3[n+]2C)Sc2ccc(CO)cc21.Cc1cc2c(cc1C)N(CC(=O)C(C)C)/C(=C/c1cc[nH+]c3ccc(Cl)cc13)S2. The Hall–Kier alpha value is -12.2. The van der Waals surface area contributed by atoms with Crippen LogP contribution in [0.1, 0.15) is 119 Å². The van der Waals surface area contributed by atoms with Crippen LogP contribution in [0.4, 0.5) is 28.4 Å². The molecule has 143 heavy (non-hydrogen) atoms. The normalized spacial score (nSPS) is 14.9. The molecule has 0 fully saturated rings. The van der Waals surface area contributed by atoms with Crippen LogP contribution in [0.25, 0.3) is 84.2 Å². The minimum Gasteiger partial charge on any atom is -0.392 e. The molecule has 0 saturated carbocycles. The smallest absolute Gasteiger partial charge is 0.265 e. The molecule has 10 heterocycles. The van der Waals surface area contributed by atoms with E-state index in [1.54, 1.807) is 70.1 Å². The van der Waals surface area contributed by atoms with Gasteiger partial charge in [0.05, 0.1) is 127 Å². The standard InChI is InChI=1S/C25H25N2OS.C24H24ClN2O2S.C24H23ClN2OS.C23H23N2OS.C22H23N2O2S2/c1-18(2)23(28)17-27-22-12-6-7-13-24(22)29-25(27)14-8-9-19-15-16-26(3)21-11-5-4-10-20(19)21;1-15(2)22(29)13-27-21-10-16(14-28)4-7-23(21)30-24(27)11-17-8-9-26(3)20-6-5-18(25)12-19(17)20;1-14(2)22(28)13-27-21-9-15(3)16(4)10-23(21)29-24(27)11-17-7-8-26-20-6-5-18(25)12-19(17)20;1-16(2)21(26)15-25-20-10-6-7-11-22(20)27-23(25)14-17-12-13-24(3)19-9-5-4-8-18(17)19;1-14(2)18(26)12-24-17-10-15(13-25)8-9-20(17)28-22(24)11-21-23(3)16-6-4-5-7-19(16)27-21/h4-16,18H,17H2,1-3H3;4-12,15,28H,13-14H2,1-3H3;5-12,14H,13H2,1-4H3;4-14,16H,15H2,1-3H3;4-11,14,25H,12-13H2,1-3H3/q2*+1;;2*+1/p+1/b;;24-11-;;. The number of hydrogen-bond acceptors (Lipinski definition) is 18. The average Bonchev–Trinajstić information content (AvgIpc) is 1.59. The summed E-state index contributed by atoms with van der Waals surface area (Å²) in [7, 11) is 8.21. The Morgan fingerprint density at radius 3 is 1.22 bits per heavy atom. The lowest BCUT2D eigenvalue weighted by Crippen LogP contribution is -2.31. The van der Waals surface area contributed by atoms with Crippen molar-refractivity contribution in [3.05, 3.63) is 352 Å². The van der Waals surface area contributed by atoms with Crippen molar-refractivity contribution in [2.24, 2.45) is 57.8 Å². The minimum absolute atomic E-state index is 0.00260. The van der Waals surface area contributed by atoms with Crippen molar-refractivity contribution < 1.29 is 57.4 Å². The second-order valence-electron chi connectivity index (χ2n) is 37.5. The number of aryl methyl sites for hydroxylation is 6. The molecule has 0 saturated heterocycles. The maximum absolute atomic E-state index is 12.6. The Morgan fingerprint density at radius 2 is 0.727 bits per heavy atom.